The zero-order chi connectivity index (χ0) is 11.3. The predicted molar refractivity (Wildman–Crippen MR) is 67.3 cm³/mol. The summed E-state index contributed by atoms with van der Waals surface area (Å²) in [6.45, 7) is 10.7. The Labute approximate surface area is 95.6 Å². The summed E-state index contributed by atoms with van der Waals surface area (Å²) < 4.78 is 0. The summed E-state index contributed by atoms with van der Waals surface area (Å²) in [6, 6.07) is 1.49. The van der Waals surface area contributed by atoms with Crippen molar-refractivity contribution in [2.75, 3.05) is 26.7 Å². The van der Waals surface area contributed by atoms with E-state index in [-0.39, 0.29) is 0 Å². The van der Waals surface area contributed by atoms with Crippen molar-refractivity contribution in [3.63, 3.8) is 0 Å². The highest BCUT2D eigenvalue weighted by Crippen LogP contribution is 2.18. The van der Waals surface area contributed by atoms with Crippen molar-refractivity contribution >= 4 is 0 Å². The fourth-order valence-corrected chi connectivity index (χ4v) is 2.39. The van der Waals surface area contributed by atoms with E-state index in [1.165, 1.54) is 45.3 Å². The van der Waals surface area contributed by atoms with Gasteiger partial charge in [0.15, 0.2) is 0 Å². The molecule has 1 aliphatic heterocycles. The molecule has 1 heterocycles. The highest BCUT2D eigenvalue weighted by molar-refractivity contribution is 4.79. The molecule has 0 aromatic carbocycles. The molecule has 0 aliphatic carbocycles. The molecule has 1 unspecified atom stereocenters. The maximum atomic E-state index is 2.70. The molecule has 2 heteroatoms. The molecule has 1 fully saturated rings. The number of hydrogen-bond acceptors (Lipinski definition) is 2. The average Bonchev–Trinajstić information content (AvgIpc) is 2.21. The van der Waals surface area contributed by atoms with Crippen LogP contribution in [-0.2, 0) is 0 Å². The zero-order valence-corrected chi connectivity index (χ0v) is 11.0. The second kappa shape index (κ2) is 6.49. The standard InChI is InChI=1S/C13H28N2/c1-5-9-15-10-7-6-8-13(15)11-14(4)12(2)3/h12-13H,5-11H2,1-4H3. The van der Waals surface area contributed by atoms with Crippen molar-refractivity contribution in [3.8, 4) is 0 Å². The van der Waals surface area contributed by atoms with Gasteiger partial charge < -0.3 is 4.90 Å². The number of likely N-dealkylation sites (N-methyl/N-ethyl adjacent to an activating group) is 1. The lowest BCUT2D eigenvalue weighted by molar-refractivity contribution is 0.104. The lowest BCUT2D eigenvalue weighted by Gasteiger charge is -2.38. The molecule has 0 amide bonds. The molecule has 0 spiro atoms. The Morgan fingerprint density at radius 1 is 1.33 bits per heavy atom. The molecule has 2 nitrogen and oxygen atoms in total. The second-order valence-electron chi connectivity index (χ2n) is 5.22. The minimum absolute atomic E-state index is 0.676. The van der Waals surface area contributed by atoms with Crippen molar-refractivity contribution in [3.05, 3.63) is 0 Å². The first-order chi connectivity index (χ1) is 7.15. The van der Waals surface area contributed by atoms with E-state index in [4.69, 9.17) is 0 Å². The van der Waals surface area contributed by atoms with Gasteiger partial charge in [0.25, 0.3) is 0 Å². The third-order valence-electron chi connectivity index (χ3n) is 3.64. The molecule has 1 rings (SSSR count). The van der Waals surface area contributed by atoms with Gasteiger partial charge in [-0.25, -0.2) is 0 Å². The Morgan fingerprint density at radius 3 is 2.67 bits per heavy atom. The molecule has 0 aromatic heterocycles. The van der Waals surface area contributed by atoms with Gasteiger partial charge in [0, 0.05) is 18.6 Å². The van der Waals surface area contributed by atoms with E-state index in [9.17, 15) is 0 Å². The Balaban J connectivity index is 2.41. The molecular weight excluding hydrogens is 184 g/mol. The van der Waals surface area contributed by atoms with Crippen LogP contribution in [0.2, 0.25) is 0 Å². The molecule has 1 aliphatic rings. The first kappa shape index (κ1) is 13.0. The number of nitrogens with zero attached hydrogens (tertiary/aromatic N) is 2. The van der Waals surface area contributed by atoms with Gasteiger partial charge in [0.05, 0.1) is 0 Å². The van der Waals surface area contributed by atoms with Crippen molar-refractivity contribution in [1.82, 2.24) is 9.80 Å². The van der Waals surface area contributed by atoms with E-state index in [1.54, 1.807) is 0 Å². The summed E-state index contributed by atoms with van der Waals surface area (Å²) in [5, 5.41) is 0. The number of hydrogen-bond donors (Lipinski definition) is 0. The van der Waals surface area contributed by atoms with Crippen molar-refractivity contribution in [2.45, 2.75) is 58.5 Å². The Morgan fingerprint density at radius 2 is 2.07 bits per heavy atom. The third-order valence-corrected chi connectivity index (χ3v) is 3.64. The maximum Gasteiger partial charge on any atom is 0.0223 e. The molecule has 0 bridgehead atoms. The van der Waals surface area contributed by atoms with Gasteiger partial charge in [-0.1, -0.05) is 13.3 Å². The predicted octanol–water partition coefficient (Wildman–Crippen LogP) is 2.59. The van der Waals surface area contributed by atoms with Crippen LogP contribution >= 0.6 is 0 Å². The zero-order valence-electron chi connectivity index (χ0n) is 11.0. The lowest BCUT2D eigenvalue weighted by Crippen LogP contribution is -2.47. The monoisotopic (exact) mass is 212 g/mol. The van der Waals surface area contributed by atoms with Gasteiger partial charge >= 0.3 is 0 Å². The topological polar surface area (TPSA) is 6.48 Å². The van der Waals surface area contributed by atoms with E-state index in [1.807, 2.05) is 0 Å². The van der Waals surface area contributed by atoms with Crippen molar-refractivity contribution in [2.24, 2.45) is 0 Å². The number of piperidine rings is 1. The van der Waals surface area contributed by atoms with Crippen LogP contribution in [0.3, 0.4) is 0 Å². The smallest absolute Gasteiger partial charge is 0.0223 e. The Kier molecular flexibility index (Phi) is 5.62. The summed E-state index contributed by atoms with van der Waals surface area (Å²) in [6.07, 6.45) is 5.53. The normalized spacial score (nSPS) is 24.0. The Bertz CT molecular complexity index is 166. The molecule has 1 atom stereocenters. The van der Waals surface area contributed by atoms with Gasteiger partial charge in [-0.05, 0) is 53.2 Å². The summed E-state index contributed by atoms with van der Waals surface area (Å²) in [4.78, 5) is 5.18. The fraction of sp³-hybridized carbons (Fsp3) is 1.00. The molecule has 0 saturated carbocycles. The van der Waals surface area contributed by atoms with Crippen LogP contribution in [0, 0.1) is 0 Å². The van der Waals surface area contributed by atoms with Crippen LogP contribution in [0.1, 0.15) is 46.5 Å². The van der Waals surface area contributed by atoms with E-state index >= 15 is 0 Å². The number of likely N-dealkylation sites (tertiary alicyclic amines) is 1. The summed E-state index contributed by atoms with van der Waals surface area (Å²) >= 11 is 0. The highest BCUT2D eigenvalue weighted by atomic mass is 15.2. The fourth-order valence-electron chi connectivity index (χ4n) is 2.39. The molecule has 1 saturated heterocycles. The van der Waals surface area contributed by atoms with Gasteiger partial charge in [-0.2, -0.15) is 0 Å². The van der Waals surface area contributed by atoms with E-state index in [0.29, 0.717) is 6.04 Å². The highest BCUT2D eigenvalue weighted by Gasteiger charge is 2.23. The van der Waals surface area contributed by atoms with Gasteiger partial charge in [-0.3, -0.25) is 4.90 Å². The summed E-state index contributed by atoms with van der Waals surface area (Å²) in [7, 11) is 2.25. The van der Waals surface area contributed by atoms with Crippen LogP contribution in [0.25, 0.3) is 0 Å². The maximum absolute atomic E-state index is 2.70. The van der Waals surface area contributed by atoms with Gasteiger partial charge in [0.1, 0.15) is 0 Å². The van der Waals surface area contributed by atoms with E-state index in [2.05, 4.69) is 37.6 Å². The van der Waals surface area contributed by atoms with E-state index < -0.39 is 0 Å². The SMILES string of the molecule is CCCN1CCCCC1CN(C)C(C)C. The minimum Gasteiger partial charge on any atom is -0.302 e. The molecule has 90 valence electrons. The second-order valence-corrected chi connectivity index (χ2v) is 5.22. The van der Waals surface area contributed by atoms with Crippen LogP contribution in [0.5, 0.6) is 0 Å². The third kappa shape index (κ3) is 4.12. The Hall–Kier alpha value is -0.0800. The molecule has 0 aromatic rings. The number of rotatable bonds is 5. The molecule has 15 heavy (non-hydrogen) atoms. The van der Waals surface area contributed by atoms with Crippen molar-refractivity contribution < 1.29 is 0 Å². The van der Waals surface area contributed by atoms with E-state index in [0.717, 1.165) is 6.04 Å². The quantitative estimate of drug-likeness (QED) is 0.691. The largest absolute Gasteiger partial charge is 0.302 e. The first-order valence-electron chi connectivity index (χ1n) is 6.59. The average molecular weight is 212 g/mol. The summed E-state index contributed by atoms with van der Waals surface area (Å²) in [5.41, 5.74) is 0. The van der Waals surface area contributed by atoms with Crippen LogP contribution in [0.4, 0.5) is 0 Å². The first-order valence-corrected chi connectivity index (χ1v) is 6.59. The minimum atomic E-state index is 0.676. The molecule has 0 N–H and O–H groups in total. The molecule has 0 radical (unpaired) electrons. The lowest BCUT2D eigenvalue weighted by atomic mass is 10.0. The van der Waals surface area contributed by atoms with Gasteiger partial charge in [0.2, 0.25) is 0 Å². The molecular formula is C13H28N2. The van der Waals surface area contributed by atoms with Crippen molar-refractivity contribution in [1.29, 1.82) is 0 Å². The summed E-state index contributed by atoms with van der Waals surface area (Å²) in [5.74, 6) is 0. The van der Waals surface area contributed by atoms with Gasteiger partial charge in [-0.15, -0.1) is 0 Å². The van der Waals surface area contributed by atoms with Crippen LogP contribution in [0.15, 0.2) is 0 Å². The van der Waals surface area contributed by atoms with Crippen LogP contribution < -0.4 is 0 Å². The van der Waals surface area contributed by atoms with Crippen LogP contribution in [-0.4, -0.2) is 48.6 Å².